The van der Waals surface area contributed by atoms with E-state index in [0.717, 1.165) is 10.1 Å². The Morgan fingerprint density at radius 2 is 1.68 bits per heavy atom. The Hall–Kier alpha value is -0.413. The van der Waals surface area contributed by atoms with E-state index in [9.17, 15) is 0 Å². The number of fused-ring (bicyclic) bond motifs is 3. The second-order valence-corrected chi connectivity index (χ2v) is 36.6. The predicted molar refractivity (Wildman–Crippen MR) is 129 cm³/mol. The molecule has 1 atom stereocenters. The first kappa shape index (κ1) is 23.9. The minimum Gasteiger partial charge on any atom is -0.147 e. The topological polar surface area (TPSA) is 0 Å². The van der Waals surface area contributed by atoms with Gasteiger partial charge in [0.05, 0.1) is 0 Å². The molecule has 0 amide bonds. The van der Waals surface area contributed by atoms with Gasteiger partial charge in [0.1, 0.15) is 0 Å². The quantitative estimate of drug-likeness (QED) is 0.329. The van der Waals surface area contributed by atoms with Crippen LogP contribution < -0.4 is 0 Å². The van der Waals surface area contributed by atoms with Crippen molar-refractivity contribution < 1.29 is 18.6 Å². The molecular formula is C24H31Cl2HfSi. The molecule has 1 unspecified atom stereocenters. The average molecular weight is 597 g/mol. The summed E-state index contributed by atoms with van der Waals surface area (Å²) in [7, 11) is 0. The van der Waals surface area contributed by atoms with Crippen molar-refractivity contribution >= 4 is 37.3 Å². The van der Waals surface area contributed by atoms with Crippen molar-refractivity contribution in [3.63, 3.8) is 0 Å². The fourth-order valence-electron chi connectivity index (χ4n) is 4.94. The zero-order valence-corrected chi connectivity index (χ0v) is 24.0. The predicted octanol–water partition coefficient (Wildman–Crippen LogP) is 7.14. The van der Waals surface area contributed by atoms with Gasteiger partial charge in [-0.25, -0.2) is 0 Å². The van der Waals surface area contributed by atoms with Crippen LogP contribution in [0.15, 0.2) is 48.6 Å². The molecule has 0 saturated heterocycles. The Balaban J connectivity index is 0.00000140. The van der Waals surface area contributed by atoms with Crippen LogP contribution >= 0.6 is 24.8 Å². The van der Waals surface area contributed by atoms with Crippen LogP contribution in [0.5, 0.6) is 0 Å². The van der Waals surface area contributed by atoms with E-state index in [1.54, 1.807) is 16.7 Å². The van der Waals surface area contributed by atoms with Gasteiger partial charge in [-0.1, -0.05) is 0 Å². The SMILES string of the molecule is C[CH2][Hf](=[SiH2])([CH2]C)[CH]1c2cc(C)ccc2-c2ccc(C)c(C3=CC=CC3)c21.Cl.Cl. The van der Waals surface area contributed by atoms with E-state index in [1.807, 2.05) is 0 Å². The summed E-state index contributed by atoms with van der Waals surface area (Å²) < 4.78 is 3.59. The van der Waals surface area contributed by atoms with Gasteiger partial charge >= 0.3 is 165 Å². The van der Waals surface area contributed by atoms with E-state index in [2.05, 4.69) is 83.2 Å². The monoisotopic (exact) mass is 597 g/mol. The molecule has 0 heterocycles. The van der Waals surface area contributed by atoms with Crippen molar-refractivity contribution in [2.75, 3.05) is 0 Å². The first-order valence-electron chi connectivity index (χ1n) is 9.96. The van der Waals surface area contributed by atoms with E-state index in [-0.39, 0.29) is 24.8 Å². The molecule has 2 aliphatic carbocycles. The van der Waals surface area contributed by atoms with Gasteiger partial charge in [-0.15, -0.1) is 24.8 Å². The summed E-state index contributed by atoms with van der Waals surface area (Å²) in [5.41, 5.74) is 12.4. The minimum absolute atomic E-state index is 0. The molecule has 2 aromatic rings. The summed E-state index contributed by atoms with van der Waals surface area (Å²) in [6, 6.07) is 12.0. The molecule has 0 saturated carbocycles. The number of allylic oxidation sites excluding steroid dienone is 4. The van der Waals surface area contributed by atoms with Crippen LogP contribution in [0.25, 0.3) is 16.7 Å². The van der Waals surface area contributed by atoms with Crippen molar-refractivity contribution in [3.05, 3.63) is 76.4 Å². The summed E-state index contributed by atoms with van der Waals surface area (Å²) in [5, 5.41) is 0. The van der Waals surface area contributed by atoms with Crippen molar-refractivity contribution in [1.82, 2.24) is 0 Å². The molecule has 0 N–H and O–H groups in total. The average Bonchev–Trinajstić information content (AvgIpc) is 3.27. The maximum absolute atomic E-state index is 2.51. The summed E-state index contributed by atoms with van der Waals surface area (Å²) in [4.78, 5) is 0. The smallest absolute Gasteiger partial charge is 0.147 e. The number of hydrogen-bond acceptors (Lipinski definition) is 0. The fraction of sp³-hybridized carbons (Fsp3) is 0.333. The second kappa shape index (κ2) is 9.16. The Kier molecular flexibility index (Phi) is 7.81. The molecule has 0 aliphatic heterocycles. The third-order valence-electron chi connectivity index (χ3n) is 6.66. The van der Waals surface area contributed by atoms with Crippen LogP contribution in [0.1, 0.15) is 51.8 Å². The van der Waals surface area contributed by atoms with Gasteiger partial charge in [-0.05, 0) is 0 Å². The Labute approximate surface area is 188 Å². The third kappa shape index (κ3) is 3.71. The van der Waals surface area contributed by atoms with Gasteiger partial charge in [0.15, 0.2) is 0 Å². The molecule has 0 spiro atoms. The molecular weight excluding hydrogens is 566 g/mol. The zero-order valence-electron chi connectivity index (χ0n) is 17.3. The van der Waals surface area contributed by atoms with Crippen molar-refractivity contribution in [2.45, 2.75) is 46.1 Å². The summed E-state index contributed by atoms with van der Waals surface area (Å²) >= 11 is -2.45. The first-order valence-corrected chi connectivity index (χ1v) is 25.4. The van der Waals surface area contributed by atoms with Crippen LogP contribution in [0.2, 0.25) is 8.35 Å². The number of rotatable bonds is 4. The molecule has 4 heteroatoms. The van der Waals surface area contributed by atoms with Crippen LogP contribution in [-0.2, 0) is 18.6 Å². The summed E-state index contributed by atoms with van der Waals surface area (Å²) in [6.07, 6.45) is 7.98. The van der Waals surface area contributed by atoms with Crippen LogP contribution in [0.4, 0.5) is 0 Å². The van der Waals surface area contributed by atoms with Crippen LogP contribution in [-0.4, -0.2) is 6.94 Å². The molecule has 2 aromatic carbocycles. The standard InChI is InChI=1S/C20H17.2C2H5.2ClH.Hf.H2Si/c1-13-7-9-17-16(11-13)12-19-18(17)10-8-14(2)20(19)15-5-3-4-6-15;2*1-2;;;;/h3-5,7-12H,6H2,1-2H3;2*1H2,2H3;2*1H;;1H2. The molecule has 0 bridgehead atoms. The van der Waals surface area contributed by atoms with E-state index < -0.39 is 18.6 Å². The van der Waals surface area contributed by atoms with Crippen LogP contribution in [0.3, 0.4) is 0 Å². The Bertz CT molecular complexity index is 996. The Morgan fingerprint density at radius 1 is 1.00 bits per heavy atom. The van der Waals surface area contributed by atoms with Crippen molar-refractivity contribution in [1.29, 1.82) is 0 Å². The van der Waals surface area contributed by atoms with E-state index in [4.69, 9.17) is 0 Å². The van der Waals surface area contributed by atoms with E-state index in [0.29, 0.717) is 0 Å². The molecule has 0 nitrogen and oxygen atoms in total. The largest absolute Gasteiger partial charge is 0.147 e. The van der Waals surface area contributed by atoms with Gasteiger partial charge < -0.3 is 0 Å². The van der Waals surface area contributed by atoms with Crippen molar-refractivity contribution in [2.24, 2.45) is 0 Å². The van der Waals surface area contributed by atoms with Crippen LogP contribution in [0, 0.1) is 13.8 Å². The second-order valence-electron chi connectivity index (χ2n) is 8.14. The first-order chi connectivity index (χ1) is 12.5. The molecule has 149 valence electrons. The van der Waals surface area contributed by atoms with Gasteiger partial charge in [-0.3, -0.25) is 0 Å². The van der Waals surface area contributed by atoms with Crippen molar-refractivity contribution in [3.8, 4) is 11.1 Å². The van der Waals surface area contributed by atoms with E-state index >= 15 is 0 Å². The molecule has 4 rings (SSSR count). The summed E-state index contributed by atoms with van der Waals surface area (Å²) in [6.45, 7) is 12.0. The van der Waals surface area contributed by atoms with E-state index in [1.165, 1.54) is 36.2 Å². The number of hydrogen-bond donors (Lipinski definition) is 0. The maximum Gasteiger partial charge on any atom is -0.147 e. The molecule has 0 aromatic heterocycles. The third-order valence-corrected chi connectivity index (χ3v) is 34.9. The van der Waals surface area contributed by atoms with Gasteiger partial charge in [-0.2, -0.15) is 0 Å². The van der Waals surface area contributed by atoms with Gasteiger partial charge in [0.2, 0.25) is 0 Å². The molecule has 0 radical (unpaired) electrons. The maximum atomic E-state index is 2.51. The summed E-state index contributed by atoms with van der Waals surface area (Å²) in [5.74, 6) is 0. The molecule has 28 heavy (non-hydrogen) atoms. The zero-order chi connectivity index (χ0) is 18.5. The number of benzene rings is 2. The Morgan fingerprint density at radius 3 is 2.29 bits per heavy atom. The van der Waals surface area contributed by atoms with Gasteiger partial charge in [0.25, 0.3) is 0 Å². The number of halogens is 2. The molecule has 2 aliphatic rings. The normalized spacial score (nSPS) is 16.7. The minimum atomic E-state index is -2.45. The number of aryl methyl sites for hydroxylation is 2. The molecule has 0 fully saturated rings. The van der Waals surface area contributed by atoms with Gasteiger partial charge in [0, 0.05) is 0 Å². The fourth-order valence-corrected chi connectivity index (χ4v) is 19.6.